The summed E-state index contributed by atoms with van der Waals surface area (Å²) in [6.45, 7) is -0.386. The molecule has 4 atom stereocenters. The standard InChI is InChI=1S/C9H12BrN3O4S/c10-7-4(8(11)18)12-2-13(7)9-6(16)5(15)3(1-14)17-9/h2-3,5-6,9,14-16H,1H2,(H2,11,18)/t3-,5-,6-,9-/m1/s1. The number of halogens is 1. The minimum Gasteiger partial charge on any atom is -0.394 e. The molecule has 0 bridgehead atoms. The highest BCUT2D eigenvalue weighted by atomic mass is 79.9. The molecule has 0 aromatic carbocycles. The van der Waals surface area contributed by atoms with Crippen LogP contribution in [0.1, 0.15) is 11.9 Å². The van der Waals surface area contributed by atoms with E-state index >= 15 is 0 Å². The molecule has 1 saturated heterocycles. The van der Waals surface area contributed by atoms with Gasteiger partial charge in [-0.1, -0.05) is 12.2 Å². The highest BCUT2D eigenvalue weighted by Gasteiger charge is 2.44. The topological polar surface area (TPSA) is 114 Å². The third kappa shape index (κ3) is 2.17. The largest absolute Gasteiger partial charge is 0.394 e. The van der Waals surface area contributed by atoms with Crippen LogP contribution in [0.5, 0.6) is 0 Å². The molecule has 0 saturated carbocycles. The van der Waals surface area contributed by atoms with Gasteiger partial charge in [0.25, 0.3) is 0 Å². The second-order valence-electron chi connectivity index (χ2n) is 3.88. The van der Waals surface area contributed by atoms with Gasteiger partial charge in [0.15, 0.2) is 6.23 Å². The number of hydrogen-bond acceptors (Lipinski definition) is 6. The first-order chi connectivity index (χ1) is 8.47. The summed E-state index contributed by atoms with van der Waals surface area (Å²) in [4.78, 5) is 4.09. The predicted molar refractivity (Wildman–Crippen MR) is 68.8 cm³/mol. The first-order valence-corrected chi connectivity index (χ1v) is 6.32. The summed E-state index contributed by atoms with van der Waals surface area (Å²) in [5.41, 5.74) is 5.84. The number of ether oxygens (including phenoxy) is 1. The fraction of sp³-hybridized carbons (Fsp3) is 0.556. The summed E-state index contributed by atoms with van der Waals surface area (Å²) in [7, 11) is 0. The molecule has 7 nitrogen and oxygen atoms in total. The lowest BCUT2D eigenvalue weighted by atomic mass is 10.1. The highest BCUT2D eigenvalue weighted by Crippen LogP contribution is 2.32. The van der Waals surface area contributed by atoms with Crippen LogP contribution in [0.2, 0.25) is 0 Å². The van der Waals surface area contributed by atoms with Gasteiger partial charge in [0.05, 0.1) is 12.9 Å². The van der Waals surface area contributed by atoms with E-state index in [2.05, 4.69) is 20.9 Å². The molecular weight excluding hydrogens is 326 g/mol. The molecule has 1 aliphatic rings. The summed E-state index contributed by atoms with van der Waals surface area (Å²) in [6, 6.07) is 0. The Kier molecular flexibility index (Phi) is 3.99. The molecular formula is C9H12BrN3O4S. The van der Waals surface area contributed by atoms with Crippen LogP contribution in [0, 0.1) is 0 Å². The lowest BCUT2D eigenvalue weighted by molar-refractivity contribution is -0.0537. The van der Waals surface area contributed by atoms with E-state index in [1.54, 1.807) is 0 Å². The average Bonchev–Trinajstić information content (AvgIpc) is 2.82. The second-order valence-corrected chi connectivity index (χ2v) is 5.08. The van der Waals surface area contributed by atoms with Crippen LogP contribution in [0.15, 0.2) is 10.9 Å². The molecule has 1 fully saturated rings. The van der Waals surface area contributed by atoms with Crippen LogP contribution in [-0.4, -0.2) is 54.8 Å². The minimum atomic E-state index is -1.17. The van der Waals surface area contributed by atoms with Gasteiger partial charge < -0.3 is 25.8 Å². The molecule has 0 amide bonds. The zero-order valence-corrected chi connectivity index (χ0v) is 11.5. The molecule has 0 aliphatic carbocycles. The lowest BCUT2D eigenvalue weighted by Crippen LogP contribution is -2.33. The highest BCUT2D eigenvalue weighted by molar-refractivity contribution is 9.10. The van der Waals surface area contributed by atoms with Crippen molar-refractivity contribution in [1.82, 2.24) is 9.55 Å². The number of hydrogen-bond donors (Lipinski definition) is 4. The van der Waals surface area contributed by atoms with Crippen LogP contribution >= 0.6 is 28.1 Å². The third-order valence-corrected chi connectivity index (χ3v) is 3.74. The second kappa shape index (κ2) is 5.19. The number of nitrogens with zero attached hydrogens (tertiary/aromatic N) is 2. The van der Waals surface area contributed by atoms with Crippen molar-refractivity contribution < 1.29 is 20.1 Å². The number of imidazole rings is 1. The molecule has 1 aromatic rings. The van der Waals surface area contributed by atoms with E-state index in [0.717, 1.165) is 0 Å². The molecule has 2 rings (SSSR count). The van der Waals surface area contributed by atoms with E-state index in [-0.39, 0.29) is 11.6 Å². The predicted octanol–water partition coefficient (Wildman–Crippen LogP) is -1.11. The number of aromatic nitrogens is 2. The summed E-state index contributed by atoms with van der Waals surface area (Å²) in [6.07, 6.45) is -2.65. The van der Waals surface area contributed by atoms with Crippen molar-refractivity contribution >= 4 is 33.1 Å². The quantitative estimate of drug-likeness (QED) is 0.517. The van der Waals surface area contributed by atoms with Crippen molar-refractivity contribution in [3.8, 4) is 0 Å². The molecule has 0 spiro atoms. The molecule has 18 heavy (non-hydrogen) atoms. The van der Waals surface area contributed by atoms with Gasteiger partial charge in [0.2, 0.25) is 0 Å². The van der Waals surface area contributed by atoms with Crippen molar-refractivity contribution in [3.63, 3.8) is 0 Å². The Morgan fingerprint density at radius 3 is 2.67 bits per heavy atom. The van der Waals surface area contributed by atoms with Crippen LogP contribution in [0.4, 0.5) is 0 Å². The molecule has 1 aliphatic heterocycles. The van der Waals surface area contributed by atoms with Crippen molar-refractivity contribution in [3.05, 3.63) is 16.6 Å². The first-order valence-electron chi connectivity index (χ1n) is 5.12. The smallest absolute Gasteiger partial charge is 0.165 e. The summed E-state index contributed by atoms with van der Waals surface area (Å²) >= 11 is 8.06. The number of aliphatic hydroxyl groups excluding tert-OH is 3. The zero-order valence-electron chi connectivity index (χ0n) is 9.10. The van der Waals surface area contributed by atoms with Gasteiger partial charge in [0, 0.05) is 0 Å². The number of aliphatic hydroxyl groups is 3. The van der Waals surface area contributed by atoms with Gasteiger partial charge in [-0.2, -0.15) is 0 Å². The Hall–Kier alpha value is -0.580. The Labute approximate surface area is 116 Å². The Morgan fingerprint density at radius 1 is 1.56 bits per heavy atom. The van der Waals surface area contributed by atoms with Crippen LogP contribution in [0.25, 0.3) is 0 Å². The van der Waals surface area contributed by atoms with Crippen molar-refractivity contribution in [2.45, 2.75) is 24.5 Å². The van der Waals surface area contributed by atoms with Crippen LogP contribution < -0.4 is 5.73 Å². The fourth-order valence-corrected chi connectivity index (χ4v) is 2.69. The van der Waals surface area contributed by atoms with Gasteiger partial charge in [-0.15, -0.1) is 0 Å². The van der Waals surface area contributed by atoms with E-state index < -0.39 is 24.5 Å². The van der Waals surface area contributed by atoms with Crippen LogP contribution in [-0.2, 0) is 4.74 Å². The number of rotatable bonds is 3. The summed E-state index contributed by atoms with van der Waals surface area (Å²) < 4.78 is 7.26. The molecule has 2 heterocycles. The molecule has 1 aromatic heterocycles. The maximum Gasteiger partial charge on any atom is 0.165 e. The van der Waals surface area contributed by atoms with Crippen molar-refractivity contribution in [2.75, 3.05) is 6.61 Å². The van der Waals surface area contributed by atoms with E-state index in [0.29, 0.717) is 10.3 Å². The van der Waals surface area contributed by atoms with E-state index in [1.165, 1.54) is 10.9 Å². The van der Waals surface area contributed by atoms with Gasteiger partial charge in [-0.25, -0.2) is 4.98 Å². The van der Waals surface area contributed by atoms with Crippen LogP contribution in [0.3, 0.4) is 0 Å². The molecule has 100 valence electrons. The maximum atomic E-state index is 9.87. The van der Waals surface area contributed by atoms with Gasteiger partial charge >= 0.3 is 0 Å². The van der Waals surface area contributed by atoms with Crippen molar-refractivity contribution in [1.29, 1.82) is 0 Å². The normalized spacial score (nSPS) is 31.8. The molecule has 9 heteroatoms. The van der Waals surface area contributed by atoms with E-state index in [4.69, 9.17) is 27.8 Å². The molecule has 5 N–H and O–H groups in total. The maximum absolute atomic E-state index is 9.87. The Balaban J connectivity index is 2.30. The van der Waals surface area contributed by atoms with E-state index in [9.17, 15) is 10.2 Å². The average molecular weight is 338 g/mol. The van der Waals surface area contributed by atoms with Crippen molar-refractivity contribution in [2.24, 2.45) is 5.73 Å². The number of nitrogens with two attached hydrogens (primary N) is 1. The first kappa shape index (κ1) is 13.8. The minimum absolute atomic E-state index is 0.104. The SMILES string of the molecule is NC(=S)c1ncn([C@@H]2O[C@H](CO)[C@@H](O)[C@H]2O)c1Br. The van der Waals surface area contributed by atoms with Gasteiger partial charge in [0.1, 0.15) is 33.6 Å². The van der Waals surface area contributed by atoms with Gasteiger partial charge in [-0.05, 0) is 15.9 Å². The Bertz CT molecular complexity index is 469. The molecule has 0 unspecified atom stereocenters. The zero-order chi connectivity index (χ0) is 13.4. The third-order valence-electron chi connectivity index (χ3n) is 2.76. The number of thiocarbonyl (C=S) groups is 1. The van der Waals surface area contributed by atoms with E-state index in [1.807, 2.05) is 0 Å². The fourth-order valence-electron chi connectivity index (χ4n) is 1.80. The lowest BCUT2D eigenvalue weighted by Gasteiger charge is -2.17. The van der Waals surface area contributed by atoms with Gasteiger partial charge in [-0.3, -0.25) is 4.57 Å². The summed E-state index contributed by atoms with van der Waals surface area (Å²) in [5.74, 6) is 0. The Morgan fingerprint density at radius 2 is 2.22 bits per heavy atom. The monoisotopic (exact) mass is 337 g/mol. The molecule has 0 radical (unpaired) electrons. The summed E-state index contributed by atoms with van der Waals surface area (Å²) in [5, 5.41) is 28.5.